The predicted octanol–water partition coefficient (Wildman–Crippen LogP) is 2.55. The first-order valence-corrected chi connectivity index (χ1v) is 4.95. The van der Waals surface area contributed by atoms with Gasteiger partial charge in [-0.15, -0.1) is 0 Å². The van der Waals surface area contributed by atoms with Crippen LogP contribution in [0, 0.1) is 10.1 Å². The summed E-state index contributed by atoms with van der Waals surface area (Å²) in [7, 11) is 0. The molecule has 0 bridgehead atoms. The number of aromatic nitrogens is 1. The van der Waals surface area contributed by atoms with E-state index in [1.807, 2.05) is 20.8 Å². The van der Waals surface area contributed by atoms with Crippen LogP contribution in [-0.4, -0.2) is 16.5 Å². The highest BCUT2D eigenvalue weighted by Gasteiger charge is 2.18. The third-order valence-electron chi connectivity index (χ3n) is 2.00. The van der Waals surface area contributed by atoms with Gasteiger partial charge in [0.25, 0.3) is 5.69 Å². The Morgan fingerprint density at radius 3 is 2.67 bits per heavy atom. The summed E-state index contributed by atoms with van der Waals surface area (Å²) in [5, 5.41) is 13.8. The molecule has 1 heterocycles. The van der Waals surface area contributed by atoms with Crippen molar-refractivity contribution in [3.05, 3.63) is 27.9 Å². The first-order chi connectivity index (χ1) is 7.06. The number of nitrogens with one attached hydrogen (secondary N) is 1. The van der Waals surface area contributed by atoms with Crippen molar-refractivity contribution < 1.29 is 4.92 Å². The van der Waals surface area contributed by atoms with Crippen LogP contribution >= 0.6 is 0 Å². The van der Waals surface area contributed by atoms with E-state index in [0.717, 1.165) is 6.54 Å². The van der Waals surface area contributed by atoms with Crippen LogP contribution in [0.5, 0.6) is 0 Å². The van der Waals surface area contributed by atoms with Gasteiger partial charge >= 0.3 is 0 Å². The zero-order valence-corrected chi connectivity index (χ0v) is 9.15. The van der Waals surface area contributed by atoms with Crippen molar-refractivity contribution >= 4 is 11.5 Å². The molecule has 0 unspecified atom stereocenters. The molecule has 1 rings (SSSR count). The van der Waals surface area contributed by atoms with E-state index in [1.165, 1.54) is 6.07 Å². The van der Waals surface area contributed by atoms with Crippen molar-refractivity contribution in [1.82, 2.24) is 4.98 Å². The molecule has 0 fully saturated rings. The number of anilines is 1. The first kappa shape index (κ1) is 11.4. The van der Waals surface area contributed by atoms with Gasteiger partial charge in [0, 0.05) is 18.5 Å². The van der Waals surface area contributed by atoms with Crippen molar-refractivity contribution in [1.29, 1.82) is 0 Å². The Hall–Kier alpha value is -1.65. The zero-order chi connectivity index (χ0) is 11.4. The molecule has 0 atom stereocenters. The second kappa shape index (κ2) is 4.72. The average molecular weight is 209 g/mol. The van der Waals surface area contributed by atoms with Gasteiger partial charge in [-0.1, -0.05) is 13.8 Å². The largest absolute Gasteiger partial charge is 0.370 e. The summed E-state index contributed by atoms with van der Waals surface area (Å²) in [6.45, 7) is 6.50. The molecule has 1 aromatic rings. The molecule has 0 saturated carbocycles. The Kier molecular flexibility index (Phi) is 3.60. The van der Waals surface area contributed by atoms with Gasteiger partial charge in [0.15, 0.2) is 0 Å². The Bertz CT molecular complexity index is 364. The Morgan fingerprint density at radius 1 is 1.53 bits per heavy atom. The number of pyridine rings is 1. The molecule has 82 valence electrons. The number of rotatable bonds is 4. The van der Waals surface area contributed by atoms with Crippen LogP contribution in [0.2, 0.25) is 0 Å². The van der Waals surface area contributed by atoms with Gasteiger partial charge in [0.05, 0.1) is 4.92 Å². The molecule has 5 nitrogen and oxygen atoms in total. The third-order valence-corrected chi connectivity index (χ3v) is 2.00. The molecule has 0 radical (unpaired) electrons. The fourth-order valence-electron chi connectivity index (χ4n) is 1.33. The summed E-state index contributed by atoms with van der Waals surface area (Å²) in [5.74, 6) is 0.732. The highest BCUT2D eigenvalue weighted by Crippen LogP contribution is 2.25. The SMILES string of the molecule is CCNc1ccc([N+](=O)[O-])c(C(C)C)n1. The lowest BCUT2D eigenvalue weighted by molar-refractivity contribution is -0.386. The quantitative estimate of drug-likeness (QED) is 0.611. The van der Waals surface area contributed by atoms with Gasteiger partial charge in [0.2, 0.25) is 0 Å². The number of hydrogen-bond acceptors (Lipinski definition) is 4. The van der Waals surface area contributed by atoms with Crippen LogP contribution in [0.15, 0.2) is 12.1 Å². The molecule has 1 aromatic heterocycles. The van der Waals surface area contributed by atoms with Gasteiger partial charge in [-0.2, -0.15) is 0 Å². The molecular formula is C10H15N3O2. The maximum absolute atomic E-state index is 10.7. The van der Waals surface area contributed by atoms with Crippen LogP contribution < -0.4 is 5.32 Å². The lowest BCUT2D eigenvalue weighted by Crippen LogP contribution is -2.05. The van der Waals surface area contributed by atoms with Crippen LogP contribution in [0.3, 0.4) is 0 Å². The molecular weight excluding hydrogens is 194 g/mol. The molecule has 0 aliphatic rings. The van der Waals surface area contributed by atoms with Crippen LogP contribution in [0.25, 0.3) is 0 Å². The summed E-state index contributed by atoms with van der Waals surface area (Å²) < 4.78 is 0. The van der Waals surface area contributed by atoms with E-state index in [2.05, 4.69) is 10.3 Å². The highest BCUT2D eigenvalue weighted by molar-refractivity contribution is 5.46. The Labute approximate surface area is 88.7 Å². The van der Waals surface area contributed by atoms with Crippen molar-refractivity contribution in [3.63, 3.8) is 0 Å². The van der Waals surface area contributed by atoms with Crippen LogP contribution in [0.4, 0.5) is 11.5 Å². The van der Waals surface area contributed by atoms with E-state index < -0.39 is 4.92 Å². The topological polar surface area (TPSA) is 68.1 Å². The summed E-state index contributed by atoms with van der Waals surface area (Å²) >= 11 is 0. The standard InChI is InChI=1S/C10H15N3O2/c1-4-11-9-6-5-8(13(14)15)10(12-9)7(2)3/h5-7H,4H2,1-3H3,(H,11,12). The van der Waals surface area contributed by atoms with Crippen molar-refractivity contribution in [3.8, 4) is 0 Å². The van der Waals surface area contributed by atoms with E-state index in [4.69, 9.17) is 0 Å². The molecule has 0 amide bonds. The summed E-state index contributed by atoms with van der Waals surface area (Å²) in [4.78, 5) is 14.6. The minimum Gasteiger partial charge on any atom is -0.370 e. The van der Waals surface area contributed by atoms with Crippen LogP contribution in [0.1, 0.15) is 32.4 Å². The zero-order valence-electron chi connectivity index (χ0n) is 9.15. The van der Waals surface area contributed by atoms with E-state index in [9.17, 15) is 10.1 Å². The predicted molar refractivity (Wildman–Crippen MR) is 59.1 cm³/mol. The van der Waals surface area contributed by atoms with E-state index >= 15 is 0 Å². The fourth-order valence-corrected chi connectivity index (χ4v) is 1.33. The number of nitro groups is 1. The second-order valence-electron chi connectivity index (χ2n) is 3.54. The Balaban J connectivity index is 3.15. The lowest BCUT2D eigenvalue weighted by Gasteiger charge is -2.08. The fraction of sp³-hybridized carbons (Fsp3) is 0.500. The molecule has 1 N–H and O–H groups in total. The Morgan fingerprint density at radius 2 is 2.20 bits per heavy atom. The molecule has 0 aromatic carbocycles. The number of nitrogens with zero attached hydrogens (tertiary/aromatic N) is 2. The van der Waals surface area contributed by atoms with E-state index in [0.29, 0.717) is 11.5 Å². The van der Waals surface area contributed by atoms with Gasteiger partial charge in [0.1, 0.15) is 11.5 Å². The minimum absolute atomic E-state index is 0.0454. The maximum Gasteiger partial charge on any atom is 0.291 e. The average Bonchev–Trinajstić information content (AvgIpc) is 2.17. The molecule has 0 aliphatic carbocycles. The minimum atomic E-state index is -0.391. The first-order valence-electron chi connectivity index (χ1n) is 4.95. The third kappa shape index (κ3) is 2.65. The second-order valence-corrected chi connectivity index (χ2v) is 3.54. The maximum atomic E-state index is 10.7. The molecule has 5 heteroatoms. The number of hydrogen-bond donors (Lipinski definition) is 1. The molecule has 15 heavy (non-hydrogen) atoms. The van der Waals surface area contributed by atoms with Crippen LogP contribution in [-0.2, 0) is 0 Å². The molecule has 0 saturated heterocycles. The monoisotopic (exact) mass is 209 g/mol. The van der Waals surface area contributed by atoms with Crippen molar-refractivity contribution in [2.75, 3.05) is 11.9 Å². The summed E-state index contributed by atoms with van der Waals surface area (Å²) in [6.07, 6.45) is 0. The van der Waals surface area contributed by atoms with E-state index in [-0.39, 0.29) is 11.6 Å². The highest BCUT2D eigenvalue weighted by atomic mass is 16.6. The summed E-state index contributed by atoms with van der Waals surface area (Å²) in [6, 6.07) is 3.13. The van der Waals surface area contributed by atoms with Gasteiger partial charge in [-0.25, -0.2) is 4.98 Å². The van der Waals surface area contributed by atoms with Gasteiger partial charge in [-0.05, 0) is 13.0 Å². The van der Waals surface area contributed by atoms with Gasteiger partial charge in [-0.3, -0.25) is 10.1 Å². The van der Waals surface area contributed by atoms with Crippen molar-refractivity contribution in [2.24, 2.45) is 0 Å². The smallest absolute Gasteiger partial charge is 0.291 e. The van der Waals surface area contributed by atoms with Crippen molar-refractivity contribution in [2.45, 2.75) is 26.7 Å². The molecule has 0 aliphatic heterocycles. The normalized spacial score (nSPS) is 10.4. The lowest BCUT2D eigenvalue weighted by atomic mass is 10.1. The molecule has 0 spiro atoms. The van der Waals surface area contributed by atoms with E-state index in [1.54, 1.807) is 6.07 Å². The summed E-state index contributed by atoms with van der Waals surface area (Å²) in [5.41, 5.74) is 0.616. The van der Waals surface area contributed by atoms with Gasteiger partial charge < -0.3 is 5.32 Å².